The van der Waals surface area contributed by atoms with E-state index in [1.165, 1.54) is 18.2 Å². The lowest BCUT2D eigenvalue weighted by Gasteiger charge is -2.10. The van der Waals surface area contributed by atoms with Crippen molar-refractivity contribution in [3.8, 4) is 11.5 Å². The quantitative estimate of drug-likeness (QED) is 0.817. The molecule has 0 saturated carbocycles. The molecule has 0 aromatic heterocycles. The average molecular weight is 290 g/mol. The first-order valence-corrected chi connectivity index (χ1v) is 5.60. The zero-order chi connectivity index (χ0) is 13.3. The minimum atomic E-state index is -0.893. The third-order valence-electron chi connectivity index (χ3n) is 2.17. The van der Waals surface area contributed by atoms with E-state index in [0.29, 0.717) is 11.1 Å². The van der Waals surface area contributed by atoms with Crippen LogP contribution in [-0.4, -0.2) is 0 Å². The molecule has 0 bridgehead atoms. The minimum absolute atomic E-state index is 0.142. The molecule has 2 nitrogen and oxygen atoms in total. The highest BCUT2D eigenvalue weighted by Gasteiger charge is 2.12. The van der Waals surface area contributed by atoms with Gasteiger partial charge in [-0.25, -0.2) is 8.78 Å². The van der Waals surface area contributed by atoms with Crippen LogP contribution in [0.4, 0.5) is 14.5 Å². The van der Waals surface area contributed by atoms with E-state index >= 15 is 0 Å². The molecule has 0 radical (unpaired) electrons. The third-order valence-corrected chi connectivity index (χ3v) is 2.70. The van der Waals surface area contributed by atoms with Crippen LogP contribution in [0.2, 0.25) is 10.0 Å². The smallest absolute Gasteiger partial charge is 0.156 e. The van der Waals surface area contributed by atoms with Gasteiger partial charge in [0.15, 0.2) is 11.6 Å². The van der Waals surface area contributed by atoms with E-state index < -0.39 is 11.6 Å². The van der Waals surface area contributed by atoms with Crippen molar-refractivity contribution in [3.05, 3.63) is 52.0 Å². The Labute approximate surface area is 112 Å². The number of ether oxygens (including phenoxy) is 1. The predicted molar refractivity (Wildman–Crippen MR) is 67.3 cm³/mol. The van der Waals surface area contributed by atoms with Gasteiger partial charge in [0, 0.05) is 17.2 Å². The zero-order valence-electron chi connectivity index (χ0n) is 8.88. The Bertz CT molecular complexity index is 605. The number of hydrogen-bond acceptors (Lipinski definition) is 2. The average Bonchev–Trinajstić information content (AvgIpc) is 2.29. The molecule has 2 N–H and O–H groups in total. The van der Waals surface area contributed by atoms with Crippen LogP contribution in [0.25, 0.3) is 0 Å². The lowest BCUT2D eigenvalue weighted by Crippen LogP contribution is -1.97. The molecule has 2 rings (SSSR count). The molecule has 6 heteroatoms. The summed E-state index contributed by atoms with van der Waals surface area (Å²) in [6, 6.07) is 6.11. The fourth-order valence-corrected chi connectivity index (χ4v) is 1.77. The maximum absolute atomic E-state index is 13.2. The fraction of sp³-hybridized carbons (Fsp3) is 0. The van der Waals surface area contributed by atoms with E-state index in [1.807, 2.05) is 0 Å². The van der Waals surface area contributed by atoms with Crippen LogP contribution < -0.4 is 10.5 Å². The molecule has 0 aliphatic carbocycles. The second-order valence-electron chi connectivity index (χ2n) is 3.48. The fourth-order valence-electron chi connectivity index (χ4n) is 1.32. The van der Waals surface area contributed by atoms with Crippen molar-refractivity contribution in [2.75, 3.05) is 5.73 Å². The summed E-state index contributed by atoms with van der Waals surface area (Å²) in [5.41, 5.74) is 5.15. The van der Waals surface area contributed by atoms with Gasteiger partial charge in [-0.1, -0.05) is 23.2 Å². The second kappa shape index (κ2) is 5.00. The molecule has 0 amide bonds. The highest BCUT2D eigenvalue weighted by atomic mass is 35.5. The molecule has 2 aromatic rings. The number of rotatable bonds is 2. The van der Waals surface area contributed by atoms with Gasteiger partial charge in [0.1, 0.15) is 17.3 Å². The highest BCUT2D eigenvalue weighted by Crippen LogP contribution is 2.35. The summed E-state index contributed by atoms with van der Waals surface area (Å²) in [5, 5.41) is 0.636. The van der Waals surface area contributed by atoms with Gasteiger partial charge in [-0.2, -0.15) is 0 Å². The minimum Gasteiger partial charge on any atom is -0.453 e. The lowest BCUT2D eigenvalue weighted by molar-refractivity contribution is 0.472. The number of anilines is 1. The molecule has 0 aliphatic heterocycles. The first-order valence-electron chi connectivity index (χ1n) is 4.85. The van der Waals surface area contributed by atoms with Crippen molar-refractivity contribution in [3.63, 3.8) is 0 Å². The van der Waals surface area contributed by atoms with Gasteiger partial charge in [0.05, 0.1) is 5.02 Å². The van der Waals surface area contributed by atoms with E-state index in [9.17, 15) is 8.78 Å². The third kappa shape index (κ3) is 2.66. The van der Waals surface area contributed by atoms with Gasteiger partial charge in [-0.15, -0.1) is 0 Å². The van der Waals surface area contributed by atoms with Gasteiger partial charge in [0.2, 0.25) is 0 Å². The summed E-state index contributed by atoms with van der Waals surface area (Å²) in [6.07, 6.45) is 0. The second-order valence-corrected chi connectivity index (χ2v) is 4.32. The molecule has 0 fully saturated rings. The van der Waals surface area contributed by atoms with Crippen LogP contribution in [0.5, 0.6) is 11.5 Å². The Hall–Kier alpha value is -1.52. The predicted octanol–water partition coefficient (Wildman–Crippen LogP) is 4.65. The van der Waals surface area contributed by atoms with Gasteiger partial charge in [-0.3, -0.25) is 0 Å². The Kier molecular flexibility index (Phi) is 3.59. The number of nitrogen functional groups attached to an aromatic ring is 1. The van der Waals surface area contributed by atoms with Crippen molar-refractivity contribution >= 4 is 28.9 Å². The highest BCUT2D eigenvalue weighted by molar-refractivity contribution is 6.35. The topological polar surface area (TPSA) is 35.2 Å². The van der Waals surface area contributed by atoms with E-state index in [2.05, 4.69) is 0 Å². The summed E-state index contributed by atoms with van der Waals surface area (Å²) >= 11 is 11.6. The van der Waals surface area contributed by atoms with Crippen LogP contribution >= 0.6 is 23.2 Å². The standard InChI is InChI=1S/C12H7Cl2F2NO/c13-6-1-2-10(8(14)3-6)18-11-5-7(15)4-9(16)12(11)17/h1-5H,17H2. The van der Waals surface area contributed by atoms with Crippen molar-refractivity contribution < 1.29 is 13.5 Å². The molecular formula is C12H7Cl2F2NO. The molecule has 0 saturated heterocycles. The molecule has 0 spiro atoms. The van der Waals surface area contributed by atoms with Gasteiger partial charge in [-0.05, 0) is 18.2 Å². The summed E-state index contributed by atoms with van der Waals surface area (Å²) in [4.78, 5) is 0. The number of benzene rings is 2. The summed E-state index contributed by atoms with van der Waals surface area (Å²) in [6.45, 7) is 0. The molecule has 0 unspecified atom stereocenters. The molecule has 18 heavy (non-hydrogen) atoms. The summed E-state index contributed by atoms with van der Waals surface area (Å²) in [7, 11) is 0. The summed E-state index contributed by atoms with van der Waals surface area (Å²) < 4.78 is 31.5. The number of hydrogen-bond donors (Lipinski definition) is 1. The summed E-state index contributed by atoms with van der Waals surface area (Å²) in [5.74, 6) is -1.62. The first-order chi connectivity index (χ1) is 8.47. The van der Waals surface area contributed by atoms with E-state index in [1.54, 1.807) is 0 Å². The van der Waals surface area contributed by atoms with Crippen LogP contribution in [0.3, 0.4) is 0 Å². The van der Waals surface area contributed by atoms with Crippen molar-refractivity contribution in [2.45, 2.75) is 0 Å². The lowest BCUT2D eigenvalue weighted by atomic mass is 10.2. The van der Waals surface area contributed by atoms with Crippen molar-refractivity contribution in [2.24, 2.45) is 0 Å². The Morgan fingerprint density at radius 3 is 2.39 bits per heavy atom. The Morgan fingerprint density at radius 2 is 1.72 bits per heavy atom. The van der Waals surface area contributed by atoms with Crippen molar-refractivity contribution in [1.29, 1.82) is 0 Å². The molecule has 0 atom stereocenters. The van der Waals surface area contributed by atoms with E-state index in [0.717, 1.165) is 6.07 Å². The Morgan fingerprint density at radius 1 is 1.00 bits per heavy atom. The zero-order valence-corrected chi connectivity index (χ0v) is 10.4. The van der Waals surface area contributed by atoms with Gasteiger partial charge < -0.3 is 10.5 Å². The SMILES string of the molecule is Nc1c(F)cc(F)cc1Oc1ccc(Cl)cc1Cl. The first kappa shape index (κ1) is 12.9. The Balaban J connectivity index is 2.40. The molecule has 0 aliphatic rings. The molecule has 2 aromatic carbocycles. The molecule has 0 heterocycles. The maximum atomic E-state index is 13.2. The monoisotopic (exact) mass is 289 g/mol. The van der Waals surface area contributed by atoms with E-state index in [4.69, 9.17) is 33.7 Å². The normalized spacial score (nSPS) is 10.4. The van der Waals surface area contributed by atoms with Crippen LogP contribution in [-0.2, 0) is 0 Å². The number of halogens is 4. The van der Waals surface area contributed by atoms with Gasteiger partial charge >= 0.3 is 0 Å². The van der Waals surface area contributed by atoms with Crippen LogP contribution in [0, 0.1) is 11.6 Å². The van der Waals surface area contributed by atoms with E-state index in [-0.39, 0.29) is 22.2 Å². The molecule has 94 valence electrons. The van der Waals surface area contributed by atoms with Crippen LogP contribution in [0.15, 0.2) is 30.3 Å². The maximum Gasteiger partial charge on any atom is 0.156 e. The molecular weight excluding hydrogens is 283 g/mol. The van der Waals surface area contributed by atoms with Gasteiger partial charge in [0.25, 0.3) is 0 Å². The van der Waals surface area contributed by atoms with Crippen LogP contribution in [0.1, 0.15) is 0 Å². The van der Waals surface area contributed by atoms with Crippen molar-refractivity contribution in [1.82, 2.24) is 0 Å². The number of nitrogens with two attached hydrogens (primary N) is 1. The largest absolute Gasteiger partial charge is 0.453 e.